The molecular weight excluding hydrogens is 460 g/mol. The summed E-state index contributed by atoms with van der Waals surface area (Å²) >= 11 is 1.41. The number of rotatable bonds is 7. The van der Waals surface area contributed by atoms with Crippen molar-refractivity contribution in [3.63, 3.8) is 0 Å². The highest BCUT2D eigenvalue weighted by Crippen LogP contribution is 2.29. The van der Waals surface area contributed by atoms with Crippen molar-refractivity contribution in [2.24, 2.45) is 0 Å². The average molecular weight is 483 g/mol. The summed E-state index contributed by atoms with van der Waals surface area (Å²) in [6, 6.07) is 8.80. The summed E-state index contributed by atoms with van der Waals surface area (Å²) in [6.07, 6.45) is 2.69. The molecule has 0 aliphatic heterocycles. The Hall–Kier alpha value is -3.57. The van der Waals surface area contributed by atoms with E-state index in [2.05, 4.69) is 4.98 Å². The summed E-state index contributed by atoms with van der Waals surface area (Å²) in [7, 11) is 0. The summed E-state index contributed by atoms with van der Waals surface area (Å²) in [4.78, 5) is 30.9. The van der Waals surface area contributed by atoms with Gasteiger partial charge in [0.1, 0.15) is 28.4 Å². The maximum Gasteiger partial charge on any atom is 0.352 e. The molecule has 2 atom stereocenters. The fraction of sp³-hybridized carbons (Fsp3) is 0.208. The second-order valence-electron chi connectivity index (χ2n) is 7.57. The monoisotopic (exact) mass is 482 g/mol. The third kappa shape index (κ3) is 4.85. The number of hydrogen-bond acceptors (Lipinski definition) is 9. The van der Waals surface area contributed by atoms with E-state index in [-0.39, 0.29) is 16.9 Å². The first-order chi connectivity index (χ1) is 16.3. The lowest BCUT2D eigenvalue weighted by Crippen LogP contribution is -2.99. The van der Waals surface area contributed by atoms with Gasteiger partial charge in [0, 0.05) is 29.3 Å². The number of ether oxygens (including phenoxy) is 2. The number of nitrogens with one attached hydrogen (secondary N) is 1. The Balaban J connectivity index is 1.57. The lowest BCUT2D eigenvalue weighted by molar-refractivity contribution is -0.991. The molecule has 9 nitrogen and oxygen atoms in total. The normalized spacial score (nSPS) is 13.0. The number of aryl methyl sites for hydroxylation is 2. The molecule has 0 radical (unpaired) electrons. The third-order valence-corrected chi connectivity index (χ3v) is 6.09. The van der Waals surface area contributed by atoms with Gasteiger partial charge in [0.05, 0.1) is 10.9 Å². The van der Waals surface area contributed by atoms with E-state index in [1.807, 2.05) is 13.8 Å². The first-order valence-corrected chi connectivity index (χ1v) is 11.3. The SMILES string of the molecule is CCc1cc2c(=O)c(-c3ncc(C)s3)coc2cc1OC(C)C(=O)Oc1ccc([NH+]([O-])O)cc1. The van der Waals surface area contributed by atoms with Crippen LogP contribution in [-0.4, -0.2) is 22.3 Å². The Kier molecular flexibility index (Phi) is 6.75. The molecule has 4 aromatic rings. The van der Waals surface area contributed by atoms with Crippen molar-refractivity contribution in [1.29, 1.82) is 0 Å². The Bertz CT molecular complexity index is 1390. The van der Waals surface area contributed by atoms with E-state index in [1.165, 1.54) is 41.9 Å². The third-order valence-electron chi connectivity index (χ3n) is 5.14. The quantitative estimate of drug-likeness (QED) is 0.233. The minimum Gasteiger partial charge on any atom is -0.595 e. The molecular formula is C24H22N2O7S. The van der Waals surface area contributed by atoms with E-state index < -0.39 is 17.3 Å². The molecule has 2 heterocycles. The van der Waals surface area contributed by atoms with Gasteiger partial charge in [-0.3, -0.25) is 4.79 Å². The second kappa shape index (κ2) is 9.74. The topological polar surface area (TPSA) is 126 Å². The number of quaternary nitrogens is 1. The van der Waals surface area contributed by atoms with Crippen LogP contribution in [0.2, 0.25) is 0 Å². The second-order valence-corrected chi connectivity index (χ2v) is 8.81. The van der Waals surface area contributed by atoms with Crippen molar-refractivity contribution in [2.45, 2.75) is 33.3 Å². The van der Waals surface area contributed by atoms with Crippen molar-refractivity contribution in [3.8, 4) is 22.1 Å². The first-order valence-electron chi connectivity index (χ1n) is 10.5. The molecule has 4 rings (SSSR count). The molecule has 0 spiro atoms. The van der Waals surface area contributed by atoms with Crippen molar-refractivity contribution in [3.05, 3.63) is 74.7 Å². The highest BCUT2D eigenvalue weighted by atomic mass is 32.1. The fourth-order valence-electron chi connectivity index (χ4n) is 3.32. The van der Waals surface area contributed by atoms with Crippen LogP contribution in [0, 0.1) is 12.1 Å². The number of fused-ring (bicyclic) bond motifs is 1. The first kappa shape index (κ1) is 23.6. The summed E-state index contributed by atoms with van der Waals surface area (Å²) in [6.45, 7) is 5.37. The zero-order valence-corrected chi connectivity index (χ0v) is 19.5. The maximum atomic E-state index is 13.1. The van der Waals surface area contributed by atoms with Gasteiger partial charge in [0.15, 0.2) is 11.8 Å². The molecule has 0 saturated heterocycles. The van der Waals surface area contributed by atoms with Crippen LogP contribution < -0.4 is 20.1 Å². The Labute approximate surface area is 198 Å². The van der Waals surface area contributed by atoms with Crippen LogP contribution in [0.25, 0.3) is 21.5 Å². The molecule has 2 unspecified atom stereocenters. The van der Waals surface area contributed by atoms with Crippen LogP contribution in [0.1, 0.15) is 24.3 Å². The predicted molar refractivity (Wildman–Crippen MR) is 126 cm³/mol. The smallest absolute Gasteiger partial charge is 0.352 e. The molecule has 2 aromatic carbocycles. The van der Waals surface area contributed by atoms with Gasteiger partial charge >= 0.3 is 5.97 Å². The molecule has 2 aromatic heterocycles. The fourth-order valence-corrected chi connectivity index (χ4v) is 4.08. The summed E-state index contributed by atoms with van der Waals surface area (Å²) in [5.41, 5.74) is 1.36. The highest BCUT2D eigenvalue weighted by Gasteiger charge is 2.21. The molecule has 0 fully saturated rings. The van der Waals surface area contributed by atoms with Crippen LogP contribution in [0.15, 0.2) is 58.1 Å². The van der Waals surface area contributed by atoms with Gasteiger partial charge in [0.25, 0.3) is 0 Å². The van der Waals surface area contributed by atoms with Crippen molar-refractivity contribution in [2.75, 3.05) is 0 Å². The zero-order chi connectivity index (χ0) is 24.4. The minimum atomic E-state index is -1.07. The van der Waals surface area contributed by atoms with E-state index in [0.717, 1.165) is 10.4 Å². The van der Waals surface area contributed by atoms with E-state index in [0.29, 0.717) is 33.7 Å². The van der Waals surface area contributed by atoms with Crippen LogP contribution in [0.4, 0.5) is 5.69 Å². The van der Waals surface area contributed by atoms with E-state index in [4.69, 9.17) is 19.1 Å². The summed E-state index contributed by atoms with van der Waals surface area (Å²) < 4.78 is 16.9. The van der Waals surface area contributed by atoms with Crippen LogP contribution in [-0.2, 0) is 11.2 Å². The van der Waals surface area contributed by atoms with Gasteiger partial charge in [-0.05, 0) is 44.0 Å². The van der Waals surface area contributed by atoms with Crippen LogP contribution in [0.3, 0.4) is 0 Å². The Morgan fingerprint density at radius 3 is 2.65 bits per heavy atom. The van der Waals surface area contributed by atoms with Gasteiger partial charge < -0.3 is 19.1 Å². The lowest BCUT2D eigenvalue weighted by atomic mass is 10.1. The van der Waals surface area contributed by atoms with Crippen LogP contribution >= 0.6 is 11.3 Å². The molecule has 0 aliphatic rings. The number of benzene rings is 2. The highest BCUT2D eigenvalue weighted by molar-refractivity contribution is 7.14. The molecule has 0 saturated carbocycles. The number of thiazole rings is 1. The lowest BCUT2D eigenvalue weighted by Gasteiger charge is -2.17. The standard InChI is InChI=1S/C24H22N2O7S/c1-4-15-9-18-21(31-12-19(22(18)27)23-25-11-13(2)34-23)10-20(15)32-14(3)24(28)33-17-7-5-16(6-8-17)26(29)30/h5-12,14,26,29H,4H2,1-3H3. The van der Waals surface area contributed by atoms with E-state index in [9.17, 15) is 14.8 Å². The van der Waals surface area contributed by atoms with Gasteiger partial charge in [-0.1, -0.05) is 6.92 Å². The number of nitrogens with zero attached hydrogens (tertiary/aromatic N) is 1. The largest absolute Gasteiger partial charge is 0.595 e. The molecule has 0 bridgehead atoms. The molecule has 176 valence electrons. The maximum absolute atomic E-state index is 13.1. The minimum absolute atomic E-state index is 0.0856. The number of esters is 1. The average Bonchev–Trinajstić information content (AvgIpc) is 3.25. The van der Waals surface area contributed by atoms with Crippen molar-refractivity contribution >= 4 is 34.0 Å². The number of carbonyl (C=O) groups is 1. The predicted octanol–water partition coefficient (Wildman–Crippen LogP) is 3.56. The van der Waals surface area contributed by atoms with E-state index in [1.54, 1.807) is 25.3 Å². The number of hydrogen-bond donors (Lipinski definition) is 2. The van der Waals surface area contributed by atoms with Gasteiger partial charge in [-0.25, -0.2) is 15.0 Å². The Morgan fingerprint density at radius 1 is 1.29 bits per heavy atom. The zero-order valence-electron chi connectivity index (χ0n) is 18.7. The molecule has 10 heteroatoms. The molecule has 34 heavy (non-hydrogen) atoms. The van der Waals surface area contributed by atoms with Gasteiger partial charge in [-0.2, -0.15) is 5.23 Å². The van der Waals surface area contributed by atoms with Gasteiger partial charge in [0.2, 0.25) is 5.43 Å². The summed E-state index contributed by atoms with van der Waals surface area (Å²) in [5.74, 6) is -0.0431. The van der Waals surface area contributed by atoms with Crippen molar-refractivity contribution < 1.29 is 29.1 Å². The number of aromatic nitrogens is 1. The van der Waals surface area contributed by atoms with Crippen molar-refractivity contribution in [1.82, 2.24) is 4.98 Å². The molecule has 2 N–H and O–H groups in total. The van der Waals surface area contributed by atoms with Crippen LogP contribution in [0.5, 0.6) is 11.5 Å². The molecule has 0 amide bonds. The van der Waals surface area contributed by atoms with Gasteiger partial charge in [-0.15, -0.1) is 11.3 Å². The summed E-state index contributed by atoms with van der Waals surface area (Å²) in [5, 5.41) is 19.9. The van der Waals surface area contributed by atoms with E-state index >= 15 is 0 Å². The Morgan fingerprint density at radius 2 is 2.03 bits per heavy atom. The number of carbonyl (C=O) groups excluding carboxylic acids is 1. The molecule has 0 aliphatic carbocycles.